The summed E-state index contributed by atoms with van der Waals surface area (Å²) in [5, 5.41) is 41.6. The zero-order valence-corrected chi connectivity index (χ0v) is 17.8. The maximum Gasteiger partial charge on any atom is 0.269 e. The molecular weight excluding hydrogens is 452 g/mol. The lowest BCUT2D eigenvalue weighted by atomic mass is 9.65. The molecule has 0 amide bonds. The third kappa shape index (κ3) is 3.62. The van der Waals surface area contributed by atoms with Gasteiger partial charge in [-0.3, -0.25) is 20.2 Å². The van der Waals surface area contributed by atoms with Crippen LogP contribution in [0.1, 0.15) is 22.3 Å². The van der Waals surface area contributed by atoms with Crippen LogP contribution in [0.15, 0.2) is 59.1 Å². The zero-order chi connectivity index (χ0) is 23.6. The van der Waals surface area contributed by atoms with E-state index in [9.17, 15) is 30.8 Å². The van der Waals surface area contributed by atoms with Crippen LogP contribution in [0.25, 0.3) is 0 Å². The van der Waals surface area contributed by atoms with Gasteiger partial charge in [-0.05, 0) is 11.1 Å². The van der Waals surface area contributed by atoms with Crippen LogP contribution in [0.5, 0.6) is 0 Å². The Balaban J connectivity index is 2.27. The van der Waals surface area contributed by atoms with E-state index in [1.165, 1.54) is 48.5 Å². The van der Waals surface area contributed by atoms with E-state index in [4.69, 9.17) is 23.7 Å². The zero-order valence-electron chi connectivity index (χ0n) is 16.2. The summed E-state index contributed by atoms with van der Waals surface area (Å²) in [6.07, 6.45) is 0. The van der Waals surface area contributed by atoms with E-state index in [2.05, 4.69) is 6.07 Å². The normalized spacial score (nSPS) is 22.4. The highest BCUT2D eigenvalue weighted by atomic mass is 32.2. The second-order valence-corrected chi connectivity index (χ2v) is 8.45. The summed E-state index contributed by atoms with van der Waals surface area (Å²) in [4.78, 5) is 20.8. The molecule has 0 radical (unpaired) electrons. The van der Waals surface area contributed by atoms with Crippen molar-refractivity contribution in [3.05, 3.63) is 90.5 Å². The first-order valence-corrected chi connectivity index (χ1v) is 10.2. The van der Waals surface area contributed by atoms with Gasteiger partial charge in [0.1, 0.15) is 5.41 Å². The van der Waals surface area contributed by atoms with Gasteiger partial charge in [-0.25, -0.2) is 0 Å². The molecule has 2 aromatic carbocycles. The number of nitro groups is 2. The number of nitro benzene ring substituents is 2. The smallest absolute Gasteiger partial charge is 0.269 e. The SMILES string of the molecule is N#CC1=C(N)SC(c2ccc([N+](=O)[O-])cc2)C(C#N)(C(N)=S)C1c1ccc([N+](=O)[O-])cc1. The largest absolute Gasteiger partial charge is 0.393 e. The molecule has 1 aliphatic heterocycles. The number of thiocarbonyl (C=S) groups is 1. The van der Waals surface area contributed by atoms with Crippen molar-refractivity contribution in [1.29, 1.82) is 10.5 Å². The van der Waals surface area contributed by atoms with Crippen LogP contribution in [0, 0.1) is 48.3 Å². The summed E-state index contributed by atoms with van der Waals surface area (Å²) in [6, 6.07) is 15.1. The van der Waals surface area contributed by atoms with Gasteiger partial charge >= 0.3 is 0 Å². The first-order valence-electron chi connectivity index (χ1n) is 8.93. The van der Waals surface area contributed by atoms with Crippen molar-refractivity contribution in [2.75, 3.05) is 0 Å². The number of benzene rings is 2. The Kier molecular flexibility index (Phi) is 6.11. The number of allylic oxidation sites excluding steroid dienone is 1. The minimum atomic E-state index is -1.64. The molecule has 0 fully saturated rings. The lowest BCUT2D eigenvalue weighted by Gasteiger charge is -2.43. The molecule has 1 heterocycles. The molecule has 2 aromatic rings. The van der Waals surface area contributed by atoms with Gasteiger partial charge in [-0.15, -0.1) is 0 Å². The minimum absolute atomic E-state index is 0.0661. The summed E-state index contributed by atoms with van der Waals surface area (Å²) < 4.78 is 0. The number of rotatable bonds is 5. The molecule has 0 aromatic heterocycles. The summed E-state index contributed by atoms with van der Waals surface area (Å²) >= 11 is 6.33. The van der Waals surface area contributed by atoms with E-state index in [1.807, 2.05) is 6.07 Å². The highest BCUT2D eigenvalue weighted by Gasteiger charge is 2.55. The van der Waals surface area contributed by atoms with Crippen LogP contribution in [-0.2, 0) is 0 Å². The van der Waals surface area contributed by atoms with Crippen molar-refractivity contribution < 1.29 is 9.85 Å². The summed E-state index contributed by atoms with van der Waals surface area (Å²) in [5.74, 6) is -1.00. The number of hydrogen-bond donors (Lipinski definition) is 2. The molecule has 0 bridgehead atoms. The van der Waals surface area contributed by atoms with Crippen LogP contribution in [0.3, 0.4) is 0 Å². The molecule has 3 unspecified atom stereocenters. The molecule has 1 aliphatic rings. The molecule has 0 saturated carbocycles. The molecule has 32 heavy (non-hydrogen) atoms. The average Bonchev–Trinajstić information content (AvgIpc) is 2.78. The van der Waals surface area contributed by atoms with E-state index in [0.717, 1.165) is 11.8 Å². The predicted octanol–water partition coefficient (Wildman–Crippen LogP) is 3.56. The first kappa shape index (κ1) is 22.7. The molecule has 0 aliphatic carbocycles. The van der Waals surface area contributed by atoms with E-state index in [-0.39, 0.29) is 27.0 Å². The predicted molar refractivity (Wildman–Crippen MR) is 121 cm³/mol. The van der Waals surface area contributed by atoms with E-state index < -0.39 is 26.4 Å². The average molecular weight is 467 g/mol. The van der Waals surface area contributed by atoms with Crippen molar-refractivity contribution in [3.63, 3.8) is 0 Å². The maximum absolute atomic E-state index is 11.0. The van der Waals surface area contributed by atoms with Crippen LogP contribution in [-0.4, -0.2) is 14.8 Å². The molecule has 3 atom stereocenters. The molecule has 4 N–H and O–H groups in total. The molecule has 0 saturated heterocycles. The number of hydrogen-bond acceptors (Lipinski definition) is 9. The Hall–Kier alpha value is -4.00. The highest BCUT2D eigenvalue weighted by molar-refractivity contribution is 8.03. The molecule has 0 spiro atoms. The van der Waals surface area contributed by atoms with Crippen LogP contribution in [0.2, 0.25) is 0 Å². The van der Waals surface area contributed by atoms with Crippen molar-refractivity contribution in [2.45, 2.75) is 11.2 Å². The standard InChI is InChI=1S/C20H14N6O4S2/c21-9-15-16(11-1-5-13(6-2-11)25(27)28)20(10-22,19(24)31)17(32-18(15)23)12-3-7-14(8-4-12)26(29)30/h1-8,16-17H,23H2,(H2,24,31). The van der Waals surface area contributed by atoms with Gasteiger partial charge in [0.05, 0.1) is 42.8 Å². The number of non-ortho nitro benzene ring substituents is 2. The second-order valence-electron chi connectivity index (χ2n) is 6.86. The first-order chi connectivity index (χ1) is 15.2. The van der Waals surface area contributed by atoms with Crippen LogP contribution in [0.4, 0.5) is 11.4 Å². The van der Waals surface area contributed by atoms with Gasteiger partial charge in [0, 0.05) is 30.2 Å². The van der Waals surface area contributed by atoms with E-state index in [1.54, 1.807) is 0 Å². The fourth-order valence-corrected chi connectivity index (χ4v) is 5.39. The third-order valence-electron chi connectivity index (χ3n) is 5.22. The molecule has 12 heteroatoms. The number of nitriles is 2. The fourth-order valence-electron chi connectivity index (χ4n) is 3.69. The Bertz CT molecular complexity index is 1230. The Morgan fingerprint density at radius 1 is 1.00 bits per heavy atom. The molecular formula is C20H14N6O4S2. The fraction of sp³-hybridized carbons (Fsp3) is 0.150. The Morgan fingerprint density at radius 2 is 1.47 bits per heavy atom. The highest BCUT2D eigenvalue weighted by Crippen LogP contribution is 2.60. The molecule has 160 valence electrons. The lowest BCUT2D eigenvalue weighted by molar-refractivity contribution is -0.385. The quantitative estimate of drug-likeness (QED) is 0.375. The molecule has 3 rings (SSSR count). The van der Waals surface area contributed by atoms with Crippen LogP contribution < -0.4 is 11.5 Å². The van der Waals surface area contributed by atoms with Gasteiger partial charge in [0.25, 0.3) is 11.4 Å². The van der Waals surface area contributed by atoms with Crippen molar-refractivity contribution in [3.8, 4) is 12.1 Å². The topological polar surface area (TPSA) is 186 Å². The minimum Gasteiger partial charge on any atom is -0.393 e. The second kappa shape index (κ2) is 8.63. The van der Waals surface area contributed by atoms with Gasteiger partial charge < -0.3 is 11.5 Å². The number of nitrogens with two attached hydrogens (primary N) is 2. The third-order valence-corrected chi connectivity index (χ3v) is 6.92. The maximum atomic E-state index is 11.0. The summed E-state index contributed by atoms with van der Waals surface area (Å²) in [6.45, 7) is 0. The van der Waals surface area contributed by atoms with Crippen molar-refractivity contribution in [1.82, 2.24) is 0 Å². The van der Waals surface area contributed by atoms with E-state index in [0.29, 0.717) is 11.1 Å². The van der Waals surface area contributed by atoms with Crippen LogP contribution >= 0.6 is 24.0 Å². The van der Waals surface area contributed by atoms with Gasteiger partial charge in [0.2, 0.25) is 0 Å². The van der Waals surface area contributed by atoms with Crippen molar-refractivity contribution >= 4 is 40.3 Å². The number of nitrogens with zero attached hydrogens (tertiary/aromatic N) is 4. The van der Waals surface area contributed by atoms with Gasteiger partial charge in [-0.2, -0.15) is 10.5 Å². The Labute approximate surface area is 191 Å². The lowest BCUT2D eigenvalue weighted by Crippen LogP contribution is -2.47. The van der Waals surface area contributed by atoms with Gasteiger partial charge in [0.15, 0.2) is 0 Å². The summed E-state index contributed by atoms with van der Waals surface area (Å²) in [7, 11) is 0. The number of thioether (sulfide) groups is 1. The Morgan fingerprint density at radius 3 is 1.84 bits per heavy atom. The van der Waals surface area contributed by atoms with Gasteiger partial charge in [-0.1, -0.05) is 48.2 Å². The molecule has 10 nitrogen and oxygen atoms in total. The summed E-state index contributed by atoms with van der Waals surface area (Å²) in [5.41, 5.74) is 11.3. The monoisotopic (exact) mass is 466 g/mol. The van der Waals surface area contributed by atoms with E-state index >= 15 is 0 Å². The van der Waals surface area contributed by atoms with Crippen molar-refractivity contribution in [2.24, 2.45) is 16.9 Å².